The van der Waals surface area contributed by atoms with E-state index in [1.165, 1.54) is 0 Å². The molecular weight excluding hydrogens is 252 g/mol. The van der Waals surface area contributed by atoms with Gasteiger partial charge < -0.3 is 10.6 Å². The van der Waals surface area contributed by atoms with Gasteiger partial charge >= 0.3 is 6.03 Å². The molecule has 0 spiro atoms. The van der Waals surface area contributed by atoms with Crippen LogP contribution in [0.5, 0.6) is 0 Å². The van der Waals surface area contributed by atoms with E-state index >= 15 is 0 Å². The van der Waals surface area contributed by atoms with E-state index in [0.717, 1.165) is 19.3 Å². The molecule has 0 bridgehead atoms. The maximum atomic E-state index is 13.2. The zero-order valence-electron chi connectivity index (χ0n) is 9.20. The van der Waals surface area contributed by atoms with Crippen molar-refractivity contribution in [1.82, 2.24) is 5.32 Å². The highest BCUT2D eigenvalue weighted by molar-refractivity contribution is 5.89. The molecule has 0 heterocycles. The van der Waals surface area contributed by atoms with Crippen LogP contribution in [0.3, 0.4) is 0 Å². The van der Waals surface area contributed by atoms with Crippen LogP contribution in [0.1, 0.15) is 19.3 Å². The van der Waals surface area contributed by atoms with Crippen LogP contribution in [0.4, 0.5) is 28.0 Å². The van der Waals surface area contributed by atoms with Crippen LogP contribution in [0, 0.1) is 23.3 Å². The van der Waals surface area contributed by atoms with Crippen LogP contribution in [-0.4, -0.2) is 12.1 Å². The number of hydrogen-bond donors (Lipinski definition) is 2. The maximum Gasteiger partial charge on any atom is 0.319 e. The molecule has 0 radical (unpaired) electrons. The first-order valence-electron chi connectivity index (χ1n) is 5.39. The van der Waals surface area contributed by atoms with E-state index in [1.54, 1.807) is 5.32 Å². The average molecular weight is 262 g/mol. The molecule has 0 aromatic heterocycles. The van der Waals surface area contributed by atoms with Gasteiger partial charge in [-0.15, -0.1) is 0 Å². The van der Waals surface area contributed by atoms with Crippen molar-refractivity contribution in [2.24, 2.45) is 0 Å². The van der Waals surface area contributed by atoms with E-state index in [9.17, 15) is 22.4 Å². The Morgan fingerprint density at radius 3 is 2.11 bits per heavy atom. The third-order valence-corrected chi connectivity index (χ3v) is 2.79. The van der Waals surface area contributed by atoms with Crippen molar-refractivity contribution < 1.29 is 22.4 Å². The van der Waals surface area contributed by atoms with E-state index in [4.69, 9.17) is 0 Å². The minimum atomic E-state index is -1.63. The minimum absolute atomic E-state index is 0.0606. The van der Waals surface area contributed by atoms with Gasteiger partial charge in [0, 0.05) is 12.1 Å². The molecule has 2 amide bonds. The van der Waals surface area contributed by atoms with Crippen LogP contribution < -0.4 is 10.6 Å². The molecule has 1 aromatic rings. The molecule has 1 fully saturated rings. The Kier molecular flexibility index (Phi) is 3.40. The summed E-state index contributed by atoms with van der Waals surface area (Å²) in [6, 6.07) is -0.864. The van der Waals surface area contributed by atoms with Crippen molar-refractivity contribution in [2.75, 3.05) is 5.32 Å². The molecular formula is C11H10F4N2O. The van der Waals surface area contributed by atoms with Gasteiger partial charge in [-0.05, 0) is 19.3 Å². The molecule has 2 rings (SSSR count). The first kappa shape index (κ1) is 12.7. The smallest absolute Gasteiger partial charge is 0.319 e. The molecule has 1 aliphatic carbocycles. The van der Waals surface area contributed by atoms with E-state index < -0.39 is 35.0 Å². The Morgan fingerprint density at radius 2 is 1.67 bits per heavy atom. The molecule has 7 heteroatoms. The summed E-state index contributed by atoms with van der Waals surface area (Å²) >= 11 is 0. The molecule has 0 aliphatic heterocycles. The number of urea groups is 1. The molecule has 1 aliphatic rings. The zero-order chi connectivity index (χ0) is 13.3. The molecule has 1 aromatic carbocycles. The van der Waals surface area contributed by atoms with Gasteiger partial charge in [0.05, 0.1) is 0 Å². The van der Waals surface area contributed by atoms with Gasteiger partial charge in [0.15, 0.2) is 23.3 Å². The van der Waals surface area contributed by atoms with Crippen molar-refractivity contribution >= 4 is 11.7 Å². The Bertz CT molecular complexity index is 462. The molecule has 0 unspecified atom stereocenters. The summed E-state index contributed by atoms with van der Waals surface area (Å²) in [6.45, 7) is 0. The fourth-order valence-electron chi connectivity index (χ4n) is 1.57. The van der Waals surface area contributed by atoms with Gasteiger partial charge in [0.2, 0.25) is 0 Å². The predicted octanol–water partition coefficient (Wildman–Crippen LogP) is 2.92. The molecule has 1 saturated carbocycles. The second kappa shape index (κ2) is 4.83. The third kappa shape index (κ3) is 2.39. The van der Waals surface area contributed by atoms with Gasteiger partial charge in [-0.3, -0.25) is 0 Å². The lowest BCUT2D eigenvalue weighted by Gasteiger charge is -2.26. The second-order valence-corrected chi connectivity index (χ2v) is 4.07. The largest absolute Gasteiger partial charge is 0.335 e. The van der Waals surface area contributed by atoms with Crippen molar-refractivity contribution in [2.45, 2.75) is 25.3 Å². The van der Waals surface area contributed by atoms with Crippen molar-refractivity contribution in [3.63, 3.8) is 0 Å². The first-order chi connectivity index (χ1) is 8.49. The number of rotatable bonds is 2. The number of carbonyl (C=O) groups is 1. The summed E-state index contributed by atoms with van der Waals surface area (Å²) in [4.78, 5) is 11.3. The molecule has 2 N–H and O–H groups in total. The Morgan fingerprint density at radius 1 is 1.11 bits per heavy atom. The minimum Gasteiger partial charge on any atom is -0.335 e. The van der Waals surface area contributed by atoms with E-state index in [-0.39, 0.29) is 12.1 Å². The van der Waals surface area contributed by atoms with Crippen LogP contribution in [0.2, 0.25) is 0 Å². The number of benzene rings is 1. The lowest BCUT2D eigenvalue weighted by molar-refractivity contribution is 0.239. The van der Waals surface area contributed by atoms with E-state index in [1.807, 2.05) is 0 Å². The van der Waals surface area contributed by atoms with E-state index in [0.29, 0.717) is 0 Å². The topological polar surface area (TPSA) is 41.1 Å². The summed E-state index contributed by atoms with van der Waals surface area (Å²) < 4.78 is 52.1. The Balaban J connectivity index is 2.14. The summed E-state index contributed by atoms with van der Waals surface area (Å²) in [6.07, 6.45) is 2.51. The fourth-order valence-corrected chi connectivity index (χ4v) is 1.57. The van der Waals surface area contributed by atoms with Crippen LogP contribution in [0.15, 0.2) is 6.07 Å². The van der Waals surface area contributed by atoms with Crippen molar-refractivity contribution in [3.8, 4) is 0 Å². The molecule has 3 nitrogen and oxygen atoms in total. The highest BCUT2D eigenvalue weighted by Gasteiger charge is 2.23. The first-order valence-corrected chi connectivity index (χ1v) is 5.39. The number of halogens is 4. The Hall–Kier alpha value is -1.79. The average Bonchev–Trinajstić information content (AvgIpc) is 2.27. The standard InChI is InChI=1S/C11H10F4N2O/c12-6-4-7(13)9(15)10(8(6)14)17-11(18)16-5-2-1-3-5/h4-5H,1-3H2,(H2,16,17,18). The highest BCUT2D eigenvalue weighted by Crippen LogP contribution is 2.24. The van der Waals surface area contributed by atoms with Gasteiger partial charge in [-0.25, -0.2) is 22.4 Å². The summed E-state index contributed by atoms with van der Waals surface area (Å²) in [7, 11) is 0. The second-order valence-electron chi connectivity index (χ2n) is 4.07. The van der Waals surface area contributed by atoms with E-state index in [2.05, 4.69) is 5.32 Å². The van der Waals surface area contributed by atoms with Gasteiger partial charge in [0.25, 0.3) is 0 Å². The highest BCUT2D eigenvalue weighted by atomic mass is 19.2. The SMILES string of the molecule is O=C(Nc1c(F)c(F)cc(F)c1F)NC1CCC1. The normalized spacial score (nSPS) is 15.1. The van der Waals surface area contributed by atoms with Crippen molar-refractivity contribution in [3.05, 3.63) is 29.3 Å². The summed E-state index contributed by atoms with van der Waals surface area (Å²) in [5.41, 5.74) is -1.12. The number of nitrogens with one attached hydrogen (secondary N) is 2. The predicted molar refractivity (Wildman–Crippen MR) is 56.1 cm³/mol. The Labute approximate surface area is 100 Å². The number of anilines is 1. The van der Waals surface area contributed by atoms with Crippen molar-refractivity contribution in [1.29, 1.82) is 0 Å². The van der Waals surface area contributed by atoms with Gasteiger partial charge in [0.1, 0.15) is 5.69 Å². The summed E-state index contributed by atoms with van der Waals surface area (Å²) in [5.74, 6) is -6.38. The maximum absolute atomic E-state index is 13.2. The fraction of sp³-hybridized carbons (Fsp3) is 0.364. The van der Waals surface area contributed by atoms with Crippen LogP contribution in [-0.2, 0) is 0 Å². The van der Waals surface area contributed by atoms with Crippen LogP contribution >= 0.6 is 0 Å². The lowest BCUT2D eigenvalue weighted by atomic mass is 9.93. The zero-order valence-corrected chi connectivity index (χ0v) is 9.20. The van der Waals surface area contributed by atoms with Crippen LogP contribution in [0.25, 0.3) is 0 Å². The molecule has 18 heavy (non-hydrogen) atoms. The molecule has 0 atom stereocenters. The number of carbonyl (C=O) groups excluding carboxylic acids is 1. The third-order valence-electron chi connectivity index (χ3n) is 2.79. The van der Waals surface area contributed by atoms with Gasteiger partial charge in [-0.1, -0.05) is 0 Å². The number of amides is 2. The molecule has 0 saturated heterocycles. The summed E-state index contributed by atoms with van der Waals surface area (Å²) in [5, 5.41) is 4.21. The number of hydrogen-bond acceptors (Lipinski definition) is 1. The molecule has 98 valence electrons. The quantitative estimate of drug-likeness (QED) is 0.624. The monoisotopic (exact) mass is 262 g/mol. The van der Waals surface area contributed by atoms with Gasteiger partial charge in [-0.2, -0.15) is 0 Å². The lowest BCUT2D eigenvalue weighted by Crippen LogP contribution is -2.42.